The summed E-state index contributed by atoms with van der Waals surface area (Å²) in [5.41, 5.74) is 2.49. The minimum absolute atomic E-state index is 0.0851. The first-order chi connectivity index (χ1) is 8.20. The van der Waals surface area contributed by atoms with Gasteiger partial charge in [0, 0.05) is 18.4 Å². The Bertz CT molecular complexity index is 490. The number of aromatic nitrogens is 3. The summed E-state index contributed by atoms with van der Waals surface area (Å²) in [5.74, 6) is 0.0851. The molecule has 4 nitrogen and oxygen atoms in total. The summed E-state index contributed by atoms with van der Waals surface area (Å²) in [6.07, 6.45) is 4.93. The molecule has 0 radical (unpaired) electrons. The molecule has 2 rings (SSSR count). The molecule has 0 bridgehead atoms. The number of Topliss-reactive ketones (excluding diaryl/α,β-unsaturated/α-hetero) is 1. The van der Waals surface area contributed by atoms with Crippen LogP contribution in [-0.2, 0) is 6.42 Å². The standard InChI is InChI=1S/C12H15N3OS/c1-3-9(2)15-5-4-10(14-15)6-11(16)12-7-13-8-17-12/h4-5,7-9H,3,6H2,1-2H3. The average molecular weight is 249 g/mol. The second-order valence-corrected chi connectivity index (χ2v) is 4.90. The highest BCUT2D eigenvalue weighted by molar-refractivity contribution is 7.11. The van der Waals surface area contributed by atoms with Gasteiger partial charge in [-0.15, -0.1) is 11.3 Å². The van der Waals surface area contributed by atoms with Gasteiger partial charge in [0.2, 0.25) is 0 Å². The van der Waals surface area contributed by atoms with Crippen LogP contribution in [-0.4, -0.2) is 20.5 Å². The molecule has 0 amide bonds. The van der Waals surface area contributed by atoms with Crippen LogP contribution < -0.4 is 0 Å². The van der Waals surface area contributed by atoms with Crippen LogP contribution in [0.3, 0.4) is 0 Å². The minimum Gasteiger partial charge on any atom is -0.293 e. The highest BCUT2D eigenvalue weighted by Crippen LogP contribution is 2.12. The molecule has 0 aliphatic carbocycles. The SMILES string of the molecule is CCC(C)n1ccc(CC(=O)c2cncs2)n1. The number of carbonyl (C=O) groups excluding carboxylic acids is 1. The number of nitrogens with zero attached hydrogens (tertiary/aromatic N) is 3. The van der Waals surface area contributed by atoms with Gasteiger partial charge in [0.25, 0.3) is 0 Å². The monoisotopic (exact) mass is 249 g/mol. The molecular formula is C12H15N3OS. The van der Waals surface area contributed by atoms with E-state index in [1.54, 1.807) is 11.7 Å². The molecule has 2 aromatic rings. The quantitative estimate of drug-likeness (QED) is 0.765. The van der Waals surface area contributed by atoms with E-state index >= 15 is 0 Å². The Kier molecular flexibility index (Phi) is 3.68. The van der Waals surface area contributed by atoms with E-state index < -0.39 is 0 Å². The average Bonchev–Trinajstić information content (AvgIpc) is 2.98. The van der Waals surface area contributed by atoms with Crippen LogP contribution in [0.1, 0.15) is 41.7 Å². The molecule has 0 aliphatic heterocycles. The molecule has 0 N–H and O–H groups in total. The van der Waals surface area contributed by atoms with Crippen LogP contribution in [0.4, 0.5) is 0 Å². The Hall–Kier alpha value is -1.49. The van der Waals surface area contributed by atoms with E-state index in [4.69, 9.17) is 0 Å². The van der Waals surface area contributed by atoms with Gasteiger partial charge < -0.3 is 0 Å². The molecule has 1 atom stereocenters. The summed E-state index contributed by atoms with van der Waals surface area (Å²) in [6.45, 7) is 4.23. The van der Waals surface area contributed by atoms with Crippen LogP contribution in [0.5, 0.6) is 0 Å². The molecule has 5 heteroatoms. The van der Waals surface area contributed by atoms with Crippen molar-refractivity contribution < 1.29 is 4.79 Å². The Morgan fingerprint density at radius 1 is 1.59 bits per heavy atom. The van der Waals surface area contributed by atoms with Crippen molar-refractivity contribution in [1.29, 1.82) is 0 Å². The zero-order valence-corrected chi connectivity index (χ0v) is 10.8. The van der Waals surface area contributed by atoms with Gasteiger partial charge in [0.15, 0.2) is 5.78 Å². The maximum absolute atomic E-state index is 11.8. The second kappa shape index (κ2) is 5.23. The Morgan fingerprint density at radius 2 is 2.41 bits per heavy atom. The Morgan fingerprint density at radius 3 is 3.06 bits per heavy atom. The summed E-state index contributed by atoms with van der Waals surface area (Å²) in [5, 5.41) is 4.41. The molecule has 90 valence electrons. The van der Waals surface area contributed by atoms with Crippen molar-refractivity contribution in [3.8, 4) is 0 Å². The molecule has 1 unspecified atom stereocenters. The fourth-order valence-corrected chi connectivity index (χ4v) is 2.07. The predicted molar refractivity (Wildman–Crippen MR) is 67.4 cm³/mol. The first-order valence-electron chi connectivity index (χ1n) is 5.66. The van der Waals surface area contributed by atoms with E-state index in [0.29, 0.717) is 17.3 Å². The topological polar surface area (TPSA) is 47.8 Å². The largest absolute Gasteiger partial charge is 0.293 e. The van der Waals surface area contributed by atoms with Gasteiger partial charge in [-0.2, -0.15) is 5.10 Å². The molecule has 0 aromatic carbocycles. The molecule has 2 aromatic heterocycles. The third-order valence-corrected chi connectivity index (χ3v) is 3.57. The molecule has 0 saturated heterocycles. The lowest BCUT2D eigenvalue weighted by molar-refractivity contribution is 0.0995. The highest BCUT2D eigenvalue weighted by atomic mass is 32.1. The number of hydrogen-bond donors (Lipinski definition) is 0. The van der Waals surface area contributed by atoms with Gasteiger partial charge in [0.1, 0.15) is 0 Å². The zero-order chi connectivity index (χ0) is 12.3. The molecule has 2 heterocycles. The van der Waals surface area contributed by atoms with Crippen molar-refractivity contribution in [2.75, 3.05) is 0 Å². The lowest BCUT2D eigenvalue weighted by atomic mass is 10.2. The maximum Gasteiger partial charge on any atom is 0.180 e. The van der Waals surface area contributed by atoms with Crippen LogP contribution in [0.25, 0.3) is 0 Å². The molecule has 0 spiro atoms. The summed E-state index contributed by atoms with van der Waals surface area (Å²) in [6, 6.07) is 2.28. The van der Waals surface area contributed by atoms with Crippen LogP contribution in [0, 0.1) is 0 Å². The van der Waals surface area contributed by atoms with E-state index in [2.05, 4.69) is 23.9 Å². The number of carbonyl (C=O) groups is 1. The predicted octanol–water partition coefficient (Wildman–Crippen LogP) is 2.74. The number of ketones is 1. The maximum atomic E-state index is 11.8. The van der Waals surface area contributed by atoms with Crippen molar-refractivity contribution >= 4 is 17.1 Å². The third kappa shape index (κ3) is 2.79. The molecule has 17 heavy (non-hydrogen) atoms. The van der Waals surface area contributed by atoms with E-state index in [0.717, 1.165) is 12.1 Å². The minimum atomic E-state index is 0.0851. The fraction of sp³-hybridized carbons (Fsp3) is 0.417. The molecule has 0 fully saturated rings. The van der Waals surface area contributed by atoms with Gasteiger partial charge in [0.05, 0.1) is 22.5 Å². The normalized spacial score (nSPS) is 12.6. The van der Waals surface area contributed by atoms with E-state index in [1.165, 1.54) is 11.3 Å². The molecule has 0 aliphatic rings. The molecule has 0 saturated carbocycles. The van der Waals surface area contributed by atoms with Crippen LogP contribution in [0.15, 0.2) is 24.0 Å². The van der Waals surface area contributed by atoms with Crippen molar-refractivity contribution in [3.05, 3.63) is 34.5 Å². The first kappa shape index (κ1) is 12.0. The number of rotatable bonds is 5. The Balaban J connectivity index is 2.04. The van der Waals surface area contributed by atoms with Gasteiger partial charge in [-0.3, -0.25) is 14.5 Å². The zero-order valence-electron chi connectivity index (χ0n) is 9.96. The summed E-state index contributed by atoms with van der Waals surface area (Å²) < 4.78 is 1.91. The van der Waals surface area contributed by atoms with E-state index in [-0.39, 0.29) is 5.78 Å². The highest BCUT2D eigenvalue weighted by Gasteiger charge is 2.11. The van der Waals surface area contributed by atoms with Crippen molar-refractivity contribution in [3.63, 3.8) is 0 Å². The fourth-order valence-electron chi connectivity index (χ4n) is 1.51. The third-order valence-electron chi connectivity index (χ3n) is 2.75. The number of hydrogen-bond acceptors (Lipinski definition) is 4. The van der Waals surface area contributed by atoms with Crippen LogP contribution >= 0.6 is 11.3 Å². The summed E-state index contributed by atoms with van der Waals surface area (Å²) >= 11 is 1.37. The van der Waals surface area contributed by atoms with Gasteiger partial charge in [-0.1, -0.05) is 6.92 Å². The van der Waals surface area contributed by atoms with Gasteiger partial charge in [-0.25, -0.2) is 0 Å². The van der Waals surface area contributed by atoms with Gasteiger partial charge >= 0.3 is 0 Å². The van der Waals surface area contributed by atoms with Crippen molar-refractivity contribution in [2.45, 2.75) is 32.7 Å². The lowest BCUT2D eigenvalue weighted by Crippen LogP contribution is -2.07. The summed E-state index contributed by atoms with van der Waals surface area (Å²) in [7, 11) is 0. The second-order valence-electron chi connectivity index (χ2n) is 4.01. The summed E-state index contributed by atoms with van der Waals surface area (Å²) in [4.78, 5) is 16.4. The van der Waals surface area contributed by atoms with E-state index in [9.17, 15) is 4.79 Å². The smallest absolute Gasteiger partial charge is 0.180 e. The lowest BCUT2D eigenvalue weighted by Gasteiger charge is -2.07. The Labute approximate surface area is 104 Å². The van der Waals surface area contributed by atoms with Crippen molar-refractivity contribution in [2.24, 2.45) is 0 Å². The molecular weight excluding hydrogens is 234 g/mol. The van der Waals surface area contributed by atoms with Crippen molar-refractivity contribution in [1.82, 2.24) is 14.8 Å². The van der Waals surface area contributed by atoms with E-state index in [1.807, 2.05) is 16.9 Å². The van der Waals surface area contributed by atoms with Gasteiger partial charge in [-0.05, 0) is 19.4 Å². The number of thiazole rings is 1. The first-order valence-corrected chi connectivity index (χ1v) is 6.54. The van der Waals surface area contributed by atoms with Crippen LogP contribution in [0.2, 0.25) is 0 Å².